The number of hydrogen-bond acceptors (Lipinski definition) is 3. The van der Waals surface area contributed by atoms with Crippen molar-refractivity contribution in [2.75, 3.05) is 0 Å². The molecule has 116 valence electrons. The summed E-state index contributed by atoms with van der Waals surface area (Å²) in [5.74, 6) is 0. The number of rotatable bonds is 1. The van der Waals surface area contributed by atoms with Crippen molar-refractivity contribution in [3.05, 3.63) is 83.0 Å². The average Bonchev–Trinajstić information content (AvgIpc) is 3.22. The van der Waals surface area contributed by atoms with Gasteiger partial charge in [-0.3, -0.25) is 4.99 Å². The van der Waals surface area contributed by atoms with Crippen LogP contribution in [-0.2, 0) is 6.54 Å². The molecule has 0 bridgehead atoms. The molecule has 4 aromatic rings. The second-order valence-corrected chi connectivity index (χ2v) is 6.11. The summed E-state index contributed by atoms with van der Waals surface area (Å²) >= 11 is 6.40. The number of aliphatic imine (C=N–C) groups is 1. The minimum Gasteiger partial charge on any atom is -0.446 e. The van der Waals surface area contributed by atoms with Crippen molar-refractivity contribution < 1.29 is 4.42 Å². The lowest BCUT2D eigenvalue weighted by molar-refractivity contribution is 0.603. The summed E-state index contributed by atoms with van der Waals surface area (Å²) in [5, 5.41) is 1.70. The van der Waals surface area contributed by atoms with Crippen LogP contribution in [0.4, 0.5) is 0 Å². The average molecular weight is 334 g/mol. The molecule has 24 heavy (non-hydrogen) atoms. The molecule has 0 amide bonds. The van der Waals surface area contributed by atoms with E-state index in [-0.39, 0.29) is 0 Å². The van der Waals surface area contributed by atoms with E-state index >= 15 is 0 Å². The fourth-order valence-electron chi connectivity index (χ4n) is 3.18. The van der Waals surface area contributed by atoms with Gasteiger partial charge in [0.25, 0.3) is 0 Å². The normalized spacial score (nSPS) is 13.3. The first-order chi connectivity index (χ1) is 11.8. The molecule has 0 spiro atoms. The summed E-state index contributed by atoms with van der Waals surface area (Å²) < 4.78 is 7.46. The van der Waals surface area contributed by atoms with E-state index in [4.69, 9.17) is 21.0 Å². The predicted molar refractivity (Wildman–Crippen MR) is 94.1 cm³/mol. The van der Waals surface area contributed by atoms with Crippen molar-refractivity contribution in [1.82, 2.24) is 9.55 Å². The van der Waals surface area contributed by atoms with E-state index in [1.54, 1.807) is 12.5 Å². The maximum Gasteiger partial charge on any atom is 0.225 e. The number of hydrogen-bond donors (Lipinski definition) is 0. The largest absolute Gasteiger partial charge is 0.446 e. The van der Waals surface area contributed by atoms with Crippen molar-refractivity contribution in [3.63, 3.8) is 0 Å². The van der Waals surface area contributed by atoms with Gasteiger partial charge in [-0.1, -0.05) is 17.7 Å². The Morgan fingerprint density at radius 3 is 3.04 bits per heavy atom. The van der Waals surface area contributed by atoms with E-state index in [0.29, 0.717) is 12.3 Å². The summed E-state index contributed by atoms with van der Waals surface area (Å²) in [6.45, 7) is 0.537. The Hall–Kier alpha value is -2.85. The van der Waals surface area contributed by atoms with Gasteiger partial charge in [0.05, 0.1) is 29.9 Å². The Morgan fingerprint density at radius 2 is 2.08 bits per heavy atom. The molecule has 0 fully saturated rings. The lowest BCUT2D eigenvalue weighted by Crippen LogP contribution is -2.08. The maximum atomic E-state index is 6.40. The van der Waals surface area contributed by atoms with E-state index in [2.05, 4.69) is 27.8 Å². The minimum atomic E-state index is 0.537. The van der Waals surface area contributed by atoms with E-state index in [9.17, 15) is 0 Å². The van der Waals surface area contributed by atoms with Crippen LogP contribution < -0.4 is 0 Å². The Bertz CT molecular complexity index is 1110. The van der Waals surface area contributed by atoms with Crippen molar-refractivity contribution in [1.29, 1.82) is 0 Å². The second-order valence-electron chi connectivity index (χ2n) is 5.70. The van der Waals surface area contributed by atoms with Crippen LogP contribution >= 0.6 is 11.6 Å². The molecule has 3 aromatic heterocycles. The van der Waals surface area contributed by atoms with Crippen molar-refractivity contribution in [2.24, 2.45) is 4.99 Å². The number of pyridine rings is 1. The van der Waals surface area contributed by atoms with Gasteiger partial charge >= 0.3 is 0 Å². The van der Waals surface area contributed by atoms with Gasteiger partial charge in [0.15, 0.2) is 0 Å². The van der Waals surface area contributed by atoms with Gasteiger partial charge in [-0.25, -0.2) is 4.98 Å². The third kappa shape index (κ3) is 1.93. The molecule has 5 heteroatoms. The van der Waals surface area contributed by atoms with E-state index in [1.807, 2.05) is 30.5 Å². The van der Waals surface area contributed by atoms with Crippen LogP contribution in [-0.4, -0.2) is 15.3 Å². The molecule has 0 aliphatic carbocycles. The molecule has 0 saturated heterocycles. The van der Waals surface area contributed by atoms with Crippen LogP contribution in [0.3, 0.4) is 0 Å². The van der Waals surface area contributed by atoms with Gasteiger partial charge in [-0.05, 0) is 36.4 Å². The highest BCUT2D eigenvalue weighted by Gasteiger charge is 2.20. The first-order valence-electron chi connectivity index (χ1n) is 7.65. The van der Waals surface area contributed by atoms with Gasteiger partial charge in [-0.15, -0.1) is 0 Å². The number of benzene rings is 1. The number of aromatic nitrogens is 2. The van der Waals surface area contributed by atoms with Gasteiger partial charge in [0, 0.05) is 33.9 Å². The quantitative estimate of drug-likeness (QED) is 0.510. The fourth-order valence-corrected chi connectivity index (χ4v) is 3.41. The van der Waals surface area contributed by atoms with Crippen LogP contribution in [0.2, 0.25) is 5.02 Å². The molecule has 1 aromatic carbocycles. The van der Waals surface area contributed by atoms with Gasteiger partial charge in [0.1, 0.15) is 0 Å². The summed E-state index contributed by atoms with van der Waals surface area (Å²) in [7, 11) is 0. The predicted octanol–water partition coefficient (Wildman–Crippen LogP) is 4.62. The summed E-state index contributed by atoms with van der Waals surface area (Å²) in [4.78, 5) is 9.23. The number of nitrogens with zero attached hydrogens (tertiary/aromatic N) is 3. The van der Waals surface area contributed by atoms with Crippen molar-refractivity contribution >= 4 is 28.4 Å². The summed E-state index contributed by atoms with van der Waals surface area (Å²) in [5.41, 5.74) is 5.63. The molecule has 1 aliphatic heterocycles. The molecular formula is C19H12ClN3O. The molecule has 0 atom stereocenters. The SMILES string of the molecule is Clc1cccc2c1CN=C(c1cnc3occc3c1)c1cccn1-2. The highest BCUT2D eigenvalue weighted by atomic mass is 35.5. The molecular weight excluding hydrogens is 322 g/mol. The molecule has 0 radical (unpaired) electrons. The van der Waals surface area contributed by atoms with Gasteiger partial charge in [0.2, 0.25) is 5.71 Å². The standard InChI is InChI=1S/C19H12ClN3O/c20-15-3-1-4-16-14(15)11-21-18(17-5-2-7-23(16)17)13-9-12-6-8-24-19(12)22-10-13/h1-10H,11H2. The van der Waals surface area contributed by atoms with Crippen LogP contribution in [0.5, 0.6) is 0 Å². The van der Waals surface area contributed by atoms with Crippen LogP contribution in [0, 0.1) is 0 Å². The molecule has 0 unspecified atom stereocenters. The smallest absolute Gasteiger partial charge is 0.225 e. The molecule has 1 aliphatic rings. The highest BCUT2D eigenvalue weighted by molar-refractivity contribution is 6.31. The number of halogens is 1. The fraction of sp³-hybridized carbons (Fsp3) is 0.0526. The lowest BCUT2D eigenvalue weighted by atomic mass is 10.1. The third-order valence-electron chi connectivity index (χ3n) is 4.32. The summed E-state index contributed by atoms with van der Waals surface area (Å²) in [6, 6.07) is 14.0. The molecule has 5 rings (SSSR count). The van der Waals surface area contributed by atoms with E-state index in [1.165, 1.54) is 0 Å². The summed E-state index contributed by atoms with van der Waals surface area (Å²) in [6.07, 6.45) is 5.49. The zero-order valence-electron chi connectivity index (χ0n) is 12.6. The Morgan fingerprint density at radius 1 is 1.12 bits per heavy atom. The van der Waals surface area contributed by atoms with Crippen molar-refractivity contribution in [3.8, 4) is 5.69 Å². The third-order valence-corrected chi connectivity index (χ3v) is 4.67. The molecule has 4 nitrogen and oxygen atoms in total. The zero-order valence-corrected chi connectivity index (χ0v) is 13.4. The first-order valence-corrected chi connectivity index (χ1v) is 8.02. The molecule has 4 heterocycles. The van der Waals surface area contributed by atoms with Gasteiger partial charge < -0.3 is 8.98 Å². The molecule has 0 saturated carbocycles. The number of fused-ring (bicyclic) bond motifs is 4. The van der Waals surface area contributed by atoms with Crippen LogP contribution in [0.15, 0.2) is 70.5 Å². The monoisotopic (exact) mass is 333 g/mol. The van der Waals surface area contributed by atoms with E-state index in [0.717, 1.165) is 38.6 Å². The minimum absolute atomic E-state index is 0.537. The number of furan rings is 1. The first kappa shape index (κ1) is 13.6. The van der Waals surface area contributed by atoms with Crippen LogP contribution in [0.25, 0.3) is 16.8 Å². The molecule has 0 N–H and O–H groups in total. The van der Waals surface area contributed by atoms with Gasteiger partial charge in [-0.2, -0.15) is 0 Å². The Kier molecular flexibility index (Phi) is 2.87. The lowest BCUT2D eigenvalue weighted by Gasteiger charge is -2.11. The second kappa shape index (κ2) is 5.08. The van der Waals surface area contributed by atoms with Crippen molar-refractivity contribution in [2.45, 2.75) is 6.54 Å². The maximum absolute atomic E-state index is 6.40. The Labute approximate surface area is 143 Å². The highest BCUT2D eigenvalue weighted by Crippen LogP contribution is 2.30. The Balaban J connectivity index is 1.75. The topological polar surface area (TPSA) is 43.3 Å². The zero-order chi connectivity index (χ0) is 16.1. The van der Waals surface area contributed by atoms with E-state index < -0.39 is 0 Å². The van der Waals surface area contributed by atoms with Crippen LogP contribution in [0.1, 0.15) is 16.8 Å².